The number of hydrogen-bond donors (Lipinski definition) is 3. The maximum Gasteiger partial charge on any atom is 0.335 e. The summed E-state index contributed by atoms with van der Waals surface area (Å²) >= 11 is 0. The molecule has 1 heterocycles. The SMILES string of the molecule is CCCCC/C=C\C/C=C\C/C=C\CCCCCCCCC(=O)OCC(COC1OC(C(=O)O)C(O)C(O)C1OC(=O)CCCCCCCCC/C=C\C/C=C\CCCCC)OC(=O)CCCCCCC/C=C\CCCCCCCC. The molecule has 0 aromatic rings. The number of ether oxygens (including phenoxy) is 5. The van der Waals surface area contributed by atoms with Crippen LogP contribution in [0.15, 0.2) is 72.9 Å². The Hall–Kier alpha value is -3.84. The van der Waals surface area contributed by atoms with E-state index in [-0.39, 0.29) is 25.9 Å². The van der Waals surface area contributed by atoms with Crippen LogP contribution in [0.5, 0.6) is 0 Å². The molecule has 1 aliphatic rings. The van der Waals surface area contributed by atoms with Crippen molar-refractivity contribution >= 4 is 23.9 Å². The van der Waals surface area contributed by atoms with E-state index in [9.17, 15) is 34.5 Å². The Bertz CT molecular complexity index is 1680. The van der Waals surface area contributed by atoms with E-state index < -0.39 is 67.3 Å². The highest BCUT2D eigenvalue weighted by Gasteiger charge is 2.50. The van der Waals surface area contributed by atoms with E-state index in [1.807, 2.05) is 0 Å². The van der Waals surface area contributed by atoms with Crippen LogP contribution in [0.3, 0.4) is 0 Å². The number of carboxylic acid groups (broad SMARTS) is 1. The predicted molar refractivity (Wildman–Crippen MR) is 331 cm³/mol. The van der Waals surface area contributed by atoms with E-state index in [0.29, 0.717) is 19.3 Å². The third kappa shape index (κ3) is 46.3. The molecule has 0 saturated carbocycles. The molecule has 0 radical (unpaired) electrons. The van der Waals surface area contributed by atoms with E-state index in [0.717, 1.165) is 148 Å². The molecule has 1 rings (SSSR count). The van der Waals surface area contributed by atoms with Gasteiger partial charge in [0.05, 0.1) is 6.61 Å². The summed E-state index contributed by atoms with van der Waals surface area (Å²) in [5, 5.41) is 31.6. The first kappa shape index (κ1) is 75.2. The summed E-state index contributed by atoms with van der Waals surface area (Å²) in [7, 11) is 0. The fourth-order valence-electron chi connectivity index (χ4n) is 9.64. The van der Waals surface area contributed by atoms with Crippen LogP contribution in [0.2, 0.25) is 0 Å². The van der Waals surface area contributed by atoms with Crippen molar-refractivity contribution in [2.75, 3.05) is 13.2 Å². The fourth-order valence-corrected chi connectivity index (χ4v) is 9.64. The van der Waals surface area contributed by atoms with Gasteiger partial charge < -0.3 is 39.0 Å². The average molecular weight is 1140 g/mol. The highest BCUT2D eigenvalue weighted by molar-refractivity contribution is 5.74. The minimum absolute atomic E-state index is 0.0482. The minimum atomic E-state index is -1.91. The Kier molecular flexibility index (Phi) is 52.6. The van der Waals surface area contributed by atoms with Gasteiger partial charge in [0.1, 0.15) is 18.8 Å². The number of esters is 3. The Balaban J connectivity index is 2.67. The Labute approximate surface area is 493 Å². The zero-order valence-electron chi connectivity index (χ0n) is 51.5. The number of rotatable bonds is 56. The minimum Gasteiger partial charge on any atom is -0.479 e. The summed E-state index contributed by atoms with van der Waals surface area (Å²) in [5.74, 6) is -3.14. The van der Waals surface area contributed by atoms with Crippen molar-refractivity contribution in [3.63, 3.8) is 0 Å². The summed E-state index contributed by atoms with van der Waals surface area (Å²) in [6.45, 7) is 5.94. The van der Waals surface area contributed by atoms with Crippen molar-refractivity contribution < 1.29 is 58.2 Å². The van der Waals surface area contributed by atoms with Gasteiger partial charge in [-0.25, -0.2) is 4.79 Å². The van der Waals surface area contributed by atoms with Gasteiger partial charge in [-0.1, -0.05) is 229 Å². The van der Waals surface area contributed by atoms with Gasteiger partial charge in [-0.2, -0.15) is 0 Å². The van der Waals surface area contributed by atoms with Crippen molar-refractivity contribution in [3.8, 4) is 0 Å². The summed E-state index contributed by atoms with van der Waals surface area (Å²) < 4.78 is 28.5. The van der Waals surface area contributed by atoms with Gasteiger partial charge in [-0.3, -0.25) is 14.4 Å². The number of aliphatic carboxylic acids is 1. The quantitative estimate of drug-likeness (QED) is 0.0228. The molecule has 6 unspecified atom stereocenters. The first-order chi connectivity index (χ1) is 39.6. The Morgan fingerprint density at radius 1 is 0.407 bits per heavy atom. The van der Waals surface area contributed by atoms with Crippen LogP contribution < -0.4 is 0 Å². The summed E-state index contributed by atoms with van der Waals surface area (Å²) in [6, 6.07) is 0. The molecule has 81 heavy (non-hydrogen) atoms. The normalized spacial score (nSPS) is 18.2. The Morgan fingerprint density at radius 3 is 1.16 bits per heavy atom. The highest BCUT2D eigenvalue weighted by Crippen LogP contribution is 2.27. The van der Waals surface area contributed by atoms with E-state index in [1.54, 1.807) is 0 Å². The van der Waals surface area contributed by atoms with Crippen molar-refractivity contribution in [3.05, 3.63) is 72.9 Å². The number of aliphatic hydroxyl groups is 2. The molecule has 1 aliphatic heterocycles. The Morgan fingerprint density at radius 2 is 0.741 bits per heavy atom. The van der Waals surface area contributed by atoms with Crippen LogP contribution in [-0.2, 0) is 42.9 Å². The third-order valence-corrected chi connectivity index (χ3v) is 14.7. The smallest absolute Gasteiger partial charge is 0.335 e. The lowest BCUT2D eigenvalue weighted by Crippen LogP contribution is -2.61. The molecule has 3 N–H and O–H groups in total. The number of carboxylic acids is 1. The predicted octanol–water partition coefficient (Wildman–Crippen LogP) is 17.7. The zero-order valence-corrected chi connectivity index (χ0v) is 51.5. The van der Waals surface area contributed by atoms with E-state index in [4.69, 9.17) is 23.7 Å². The monoisotopic (exact) mass is 1140 g/mol. The van der Waals surface area contributed by atoms with Gasteiger partial charge in [0.15, 0.2) is 24.6 Å². The van der Waals surface area contributed by atoms with Crippen LogP contribution in [0, 0.1) is 0 Å². The second-order valence-electron chi connectivity index (χ2n) is 22.4. The van der Waals surface area contributed by atoms with Gasteiger partial charge >= 0.3 is 23.9 Å². The van der Waals surface area contributed by atoms with Crippen molar-refractivity contribution in [1.29, 1.82) is 0 Å². The van der Waals surface area contributed by atoms with Crippen molar-refractivity contribution in [2.45, 2.75) is 327 Å². The molecule has 0 aromatic heterocycles. The van der Waals surface area contributed by atoms with E-state index >= 15 is 0 Å². The maximum atomic E-state index is 13.2. The molecule has 0 spiro atoms. The number of aliphatic hydroxyl groups excluding tert-OH is 2. The lowest BCUT2D eigenvalue weighted by atomic mass is 9.98. The third-order valence-electron chi connectivity index (χ3n) is 14.7. The van der Waals surface area contributed by atoms with E-state index in [2.05, 4.69) is 93.7 Å². The second-order valence-corrected chi connectivity index (χ2v) is 22.4. The maximum absolute atomic E-state index is 13.2. The van der Waals surface area contributed by atoms with Gasteiger partial charge in [0.25, 0.3) is 0 Å². The topological polar surface area (TPSA) is 175 Å². The number of allylic oxidation sites excluding steroid dienone is 12. The molecule has 12 heteroatoms. The molecule has 0 bridgehead atoms. The van der Waals surface area contributed by atoms with Gasteiger partial charge in [0.2, 0.25) is 0 Å². The molecule has 12 nitrogen and oxygen atoms in total. The largest absolute Gasteiger partial charge is 0.479 e. The lowest BCUT2D eigenvalue weighted by molar-refractivity contribution is -0.301. The number of carbonyl (C=O) groups is 4. The van der Waals surface area contributed by atoms with Crippen molar-refractivity contribution in [2.24, 2.45) is 0 Å². The molecule has 466 valence electrons. The lowest BCUT2D eigenvalue weighted by Gasteiger charge is -2.40. The molecule has 6 atom stereocenters. The van der Waals surface area contributed by atoms with Crippen LogP contribution in [0.25, 0.3) is 0 Å². The number of unbranched alkanes of at least 4 members (excludes halogenated alkanes) is 30. The molecular formula is C69H118O12. The molecule has 0 amide bonds. The summed E-state index contributed by atoms with van der Waals surface area (Å²) in [4.78, 5) is 51.3. The first-order valence-electron chi connectivity index (χ1n) is 32.9. The van der Waals surface area contributed by atoms with Crippen LogP contribution >= 0.6 is 0 Å². The first-order valence-corrected chi connectivity index (χ1v) is 32.9. The zero-order chi connectivity index (χ0) is 58.9. The second kappa shape index (κ2) is 56.6. The van der Waals surface area contributed by atoms with Crippen LogP contribution in [-0.4, -0.2) is 89.2 Å². The summed E-state index contributed by atoms with van der Waals surface area (Å²) in [6.07, 6.45) is 59.9. The summed E-state index contributed by atoms with van der Waals surface area (Å²) in [5.41, 5.74) is 0. The molecule has 1 fully saturated rings. The van der Waals surface area contributed by atoms with Gasteiger partial charge in [0, 0.05) is 19.3 Å². The number of hydrogen-bond acceptors (Lipinski definition) is 11. The molecule has 1 saturated heterocycles. The van der Waals surface area contributed by atoms with Crippen molar-refractivity contribution in [1.82, 2.24) is 0 Å². The van der Waals surface area contributed by atoms with E-state index in [1.165, 1.54) is 83.5 Å². The number of carbonyl (C=O) groups excluding carboxylic acids is 3. The van der Waals surface area contributed by atoms with Crippen LogP contribution in [0.1, 0.15) is 290 Å². The highest BCUT2D eigenvalue weighted by atomic mass is 16.7. The van der Waals surface area contributed by atoms with Gasteiger partial charge in [-0.05, 0) is 116 Å². The van der Waals surface area contributed by atoms with Crippen LogP contribution in [0.4, 0.5) is 0 Å². The fraction of sp³-hybridized carbons (Fsp3) is 0.768. The molecular weight excluding hydrogens is 1020 g/mol. The average Bonchev–Trinajstić information content (AvgIpc) is 3.53. The molecule has 0 aliphatic carbocycles. The standard InChI is InChI=1S/C69H118O12/c1-4-7-10-13-16-19-22-25-28-30-31-33-35-37-40-43-46-49-52-55-61(70)77-58-60(79-62(71)56-53-50-47-44-41-38-34-27-24-21-18-15-12-9-6-3)59-78-69-67(65(74)64(73)66(81-69)68(75)76)80-63(72)57-54-51-48-45-42-39-36-32-29-26-23-20-17-14-11-8-5-2/h16-17,19-20,25-29,31,33-34,60,64-67,69,73-74H,4-15,18,21-24,30,32,35-59H2,1-3H3,(H,75,76)/b19-16-,20-17-,28-25-,29-26-,33-31-,34-27-. The molecule has 0 aromatic carbocycles. The van der Waals surface area contributed by atoms with Gasteiger partial charge in [-0.15, -0.1) is 0 Å².